The van der Waals surface area contributed by atoms with Crippen LogP contribution < -0.4 is 4.90 Å². The molecule has 31 heavy (non-hydrogen) atoms. The van der Waals surface area contributed by atoms with Gasteiger partial charge in [-0.2, -0.15) is 0 Å². The number of carbonyl (C=O) groups is 2. The molecule has 7 heteroatoms. The van der Waals surface area contributed by atoms with Gasteiger partial charge in [0.1, 0.15) is 5.69 Å². The first-order valence-corrected chi connectivity index (χ1v) is 10.8. The summed E-state index contributed by atoms with van der Waals surface area (Å²) in [6.45, 7) is 4.48. The lowest BCUT2D eigenvalue weighted by Gasteiger charge is -2.26. The van der Waals surface area contributed by atoms with Crippen LogP contribution in [0.5, 0.6) is 0 Å². The average molecular weight is 434 g/mol. The van der Waals surface area contributed by atoms with Crippen LogP contribution in [-0.2, 0) is 4.79 Å². The Bertz CT molecular complexity index is 1170. The van der Waals surface area contributed by atoms with Crippen LogP contribution in [0.3, 0.4) is 0 Å². The van der Waals surface area contributed by atoms with Gasteiger partial charge in [0.05, 0.1) is 6.04 Å². The van der Waals surface area contributed by atoms with E-state index < -0.39 is 11.9 Å². The predicted molar refractivity (Wildman–Crippen MR) is 122 cm³/mol. The zero-order valence-corrected chi connectivity index (χ0v) is 18.4. The van der Waals surface area contributed by atoms with Crippen LogP contribution in [0, 0.1) is 6.92 Å². The minimum Gasteiger partial charge on any atom is -0.503 e. The molecule has 1 aromatic carbocycles. The van der Waals surface area contributed by atoms with E-state index in [4.69, 9.17) is 0 Å². The second-order valence-electron chi connectivity index (χ2n) is 7.39. The predicted octanol–water partition coefficient (Wildman–Crippen LogP) is 4.74. The Morgan fingerprint density at radius 3 is 2.58 bits per heavy atom. The molecule has 3 heterocycles. The van der Waals surface area contributed by atoms with E-state index in [0.29, 0.717) is 17.8 Å². The Balaban J connectivity index is 1.72. The van der Waals surface area contributed by atoms with Crippen molar-refractivity contribution in [1.82, 2.24) is 9.88 Å². The SMILES string of the molecule is CCN(C)C(=O)c1ncccc1C1C=C(O)C(=O)N1c1ccc(-c2ccc(C)s2)cc1. The number of nitrogens with zero attached hydrogens (tertiary/aromatic N) is 3. The summed E-state index contributed by atoms with van der Waals surface area (Å²) in [5, 5.41) is 10.2. The van der Waals surface area contributed by atoms with Crippen LogP contribution in [0.15, 0.2) is 66.6 Å². The molecule has 0 radical (unpaired) electrons. The summed E-state index contributed by atoms with van der Waals surface area (Å²) >= 11 is 1.71. The van der Waals surface area contributed by atoms with E-state index in [9.17, 15) is 14.7 Å². The van der Waals surface area contributed by atoms with Gasteiger partial charge in [0.25, 0.3) is 11.8 Å². The van der Waals surface area contributed by atoms with E-state index in [1.54, 1.807) is 41.6 Å². The van der Waals surface area contributed by atoms with Gasteiger partial charge < -0.3 is 10.0 Å². The Hall–Kier alpha value is -3.45. The lowest BCUT2D eigenvalue weighted by Crippen LogP contribution is -2.33. The molecule has 0 aliphatic carbocycles. The number of amides is 2. The Morgan fingerprint density at radius 2 is 1.94 bits per heavy atom. The molecule has 0 saturated carbocycles. The number of aryl methyl sites for hydroxylation is 1. The molecule has 158 valence electrons. The molecule has 1 unspecified atom stereocenters. The van der Waals surface area contributed by atoms with Crippen molar-refractivity contribution in [3.8, 4) is 10.4 Å². The van der Waals surface area contributed by atoms with Crippen molar-refractivity contribution in [2.75, 3.05) is 18.5 Å². The highest BCUT2D eigenvalue weighted by atomic mass is 32.1. The standard InChI is InChI=1S/C24H23N3O3S/c1-4-26(3)24(30)22-18(6-5-13-25-22)19-14-20(28)23(29)27(19)17-10-8-16(9-11-17)21-12-7-15(2)31-21/h5-14,19,28H,4H2,1-3H3. The highest BCUT2D eigenvalue weighted by Crippen LogP contribution is 2.37. The largest absolute Gasteiger partial charge is 0.503 e. The number of hydrogen-bond donors (Lipinski definition) is 1. The number of carbonyl (C=O) groups excluding carboxylic acids is 2. The van der Waals surface area contributed by atoms with Crippen LogP contribution in [0.4, 0.5) is 5.69 Å². The van der Waals surface area contributed by atoms with Crippen molar-refractivity contribution in [2.45, 2.75) is 19.9 Å². The van der Waals surface area contributed by atoms with Crippen molar-refractivity contribution in [2.24, 2.45) is 0 Å². The molecule has 0 spiro atoms. The molecular formula is C24H23N3O3S. The van der Waals surface area contributed by atoms with Crippen molar-refractivity contribution in [1.29, 1.82) is 0 Å². The molecule has 0 saturated heterocycles. The van der Waals surface area contributed by atoms with E-state index in [1.807, 2.05) is 31.2 Å². The summed E-state index contributed by atoms with van der Waals surface area (Å²) in [5.41, 5.74) is 2.54. The maximum Gasteiger partial charge on any atom is 0.293 e. The molecule has 1 aliphatic heterocycles. The summed E-state index contributed by atoms with van der Waals surface area (Å²) in [4.78, 5) is 35.4. The first-order valence-electron chi connectivity index (χ1n) is 10.0. The van der Waals surface area contributed by atoms with Gasteiger partial charge in [0.2, 0.25) is 0 Å². The van der Waals surface area contributed by atoms with Gasteiger partial charge in [-0.25, -0.2) is 0 Å². The van der Waals surface area contributed by atoms with E-state index in [-0.39, 0.29) is 17.4 Å². The van der Waals surface area contributed by atoms with E-state index in [0.717, 1.165) is 10.4 Å². The number of aliphatic hydroxyl groups excluding tert-OH is 1. The zero-order valence-electron chi connectivity index (χ0n) is 17.6. The van der Waals surface area contributed by atoms with Gasteiger partial charge >= 0.3 is 0 Å². The summed E-state index contributed by atoms with van der Waals surface area (Å²) in [6.07, 6.45) is 3.03. The van der Waals surface area contributed by atoms with Crippen LogP contribution in [0.1, 0.15) is 33.9 Å². The summed E-state index contributed by atoms with van der Waals surface area (Å²) in [5.74, 6) is -1.07. The number of aromatic nitrogens is 1. The van der Waals surface area contributed by atoms with Gasteiger partial charge in [-0.1, -0.05) is 18.2 Å². The summed E-state index contributed by atoms with van der Waals surface area (Å²) in [7, 11) is 1.71. The van der Waals surface area contributed by atoms with Gasteiger partial charge in [-0.15, -0.1) is 11.3 Å². The van der Waals surface area contributed by atoms with Crippen LogP contribution in [0.2, 0.25) is 0 Å². The third-order valence-electron chi connectivity index (χ3n) is 5.38. The first kappa shape index (κ1) is 20.8. The summed E-state index contributed by atoms with van der Waals surface area (Å²) in [6, 6.07) is 14.7. The molecule has 1 aliphatic rings. The molecule has 3 aromatic rings. The van der Waals surface area contributed by atoms with Gasteiger partial charge in [0, 0.05) is 40.8 Å². The normalized spacial score (nSPS) is 15.8. The number of rotatable bonds is 5. The smallest absolute Gasteiger partial charge is 0.293 e. The van der Waals surface area contributed by atoms with E-state index in [2.05, 4.69) is 24.0 Å². The number of anilines is 1. The molecule has 2 aromatic heterocycles. The van der Waals surface area contributed by atoms with Crippen LogP contribution in [-0.4, -0.2) is 40.4 Å². The number of pyridine rings is 1. The number of thiophene rings is 1. The molecule has 4 rings (SSSR count). The highest BCUT2D eigenvalue weighted by Gasteiger charge is 2.37. The van der Waals surface area contributed by atoms with E-state index in [1.165, 1.54) is 15.9 Å². The number of hydrogen-bond acceptors (Lipinski definition) is 5. The lowest BCUT2D eigenvalue weighted by atomic mass is 10.0. The fourth-order valence-corrected chi connectivity index (χ4v) is 4.46. The average Bonchev–Trinajstić information content (AvgIpc) is 3.36. The Kier molecular flexibility index (Phi) is 5.61. The molecule has 0 fully saturated rings. The maximum atomic E-state index is 12.8. The maximum absolute atomic E-state index is 12.8. The van der Waals surface area contributed by atoms with Crippen molar-refractivity contribution in [3.63, 3.8) is 0 Å². The zero-order chi connectivity index (χ0) is 22.1. The molecule has 1 atom stereocenters. The Morgan fingerprint density at radius 1 is 1.19 bits per heavy atom. The third-order valence-corrected chi connectivity index (χ3v) is 6.43. The van der Waals surface area contributed by atoms with Crippen molar-refractivity contribution >= 4 is 28.8 Å². The van der Waals surface area contributed by atoms with Crippen molar-refractivity contribution in [3.05, 3.63) is 82.7 Å². The Labute approximate surface area is 185 Å². The third kappa shape index (κ3) is 3.84. The fourth-order valence-electron chi connectivity index (χ4n) is 3.59. The fraction of sp³-hybridized carbons (Fsp3) is 0.208. The van der Waals surface area contributed by atoms with Crippen LogP contribution in [0.25, 0.3) is 10.4 Å². The lowest BCUT2D eigenvalue weighted by molar-refractivity contribution is -0.117. The minimum absolute atomic E-state index is 0.228. The van der Waals surface area contributed by atoms with Gasteiger partial charge in [-0.3, -0.25) is 19.5 Å². The summed E-state index contributed by atoms with van der Waals surface area (Å²) < 4.78 is 0. The second kappa shape index (κ2) is 8.35. The molecule has 1 N–H and O–H groups in total. The quantitative estimate of drug-likeness (QED) is 0.631. The molecule has 6 nitrogen and oxygen atoms in total. The molecule has 2 amide bonds. The monoisotopic (exact) mass is 433 g/mol. The second-order valence-corrected chi connectivity index (χ2v) is 8.68. The van der Waals surface area contributed by atoms with Gasteiger partial charge in [0.15, 0.2) is 5.76 Å². The van der Waals surface area contributed by atoms with Crippen LogP contribution >= 0.6 is 11.3 Å². The highest BCUT2D eigenvalue weighted by molar-refractivity contribution is 7.15. The van der Waals surface area contributed by atoms with Gasteiger partial charge in [-0.05, 0) is 55.8 Å². The van der Waals surface area contributed by atoms with Crippen molar-refractivity contribution < 1.29 is 14.7 Å². The number of benzene rings is 1. The molecular weight excluding hydrogens is 410 g/mol. The van der Waals surface area contributed by atoms with E-state index >= 15 is 0 Å². The number of aliphatic hydroxyl groups is 1. The molecule has 0 bridgehead atoms. The minimum atomic E-state index is -0.625. The first-order chi connectivity index (χ1) is 14.9. The topological polar surface area (TPSA) is 73.7 Å².